The number of carbonyl (C=O) groups is 2. The molecular weight excluding hydrogens is 442 g/mol. The zero-order valence-electron chi connectivity index (χ0n) is 19.1. The van der Waals surface area contributed by atoms with Gasteiger partial charge in [-0.3, -0.25) is 9.59 Å². The number of benzene rings is 2. The van der Waals surface area contributed by atoms with Gasteiger partial charge in [-0.2, -0.15) is 4.31 Å². The molecule has 1 saturated heterocycles. The number of nitrogens with zero attached hydrogens (tertiary/aromatic N) is 2. The molecule has 2 aliphatic heterocycles. The van der Waals surface area contributed by atoms with Crippen molar-refractivity contribution in [1.82, 2.24) is 4.31 Å². The van der Waals surface area contributed by atoms with Crippen LogP contribution >= 0.6 is 0 Å². The lowest BCUT2D eigenvalue weighted by molar-refractivity contribution is -0.123. The quantitative estimate of drug-likeness (QED) is 0.723. The Morgan fingerprint density at radius 2 is 1.85 bits per heavy atom. The summed E-state index contributed by atoms with van der Waals surface area (Å²) in [4.78, 5) is 26.9. The van der Waals surface area contributed by atoms with E-state index in [0.717, 1.165) is 5.69 Å². The van der Waals surface area contributed by atoms with Crippen LogP contribution in [0.15, 0.2) is 47.4 Å². The van der Waals surface area contributed by atoms with Crippen molar-refractivity contribution in [2.75, 3.05) is 29.9 Å². The Morgan fingerprint density at radius 3 is 2.48 bits per heavy atom. The van der Waals surface area contributed by atoms with Gasteiger partial charge in [-0.1, -0.05) is 18.2 Å². The monoisotopic (exact) mass is 471 g/mol. The zero-order chi connectivity index (χ0) is 23.8. The van der Waals surface area contributed by atoms with Gasteiger partial charge >= 0.3 is 0 Å². The maximum absolute atomic E-state index is 13.4. The highest BCUT2D eigenvalue weighted by atomic mass is 32.2. The summed E-state index contributed by atoms with van der Waals surface area (Å²) in [6.45, 7) is 6.36. The Labute approximate surface area is 194 Å². The van der Waals surface area contributed by atoms with Gasteiger partial charge in [-0.25, -0.2) is 8.42 Å². The largest absolute Gasteiger partial charge is 0.479 e. The van der Waals surface area contributed by atoms with Gasteiger partial charge < -0.3 is 15.0 Å². The normalized spacial score (nSPS) is 19.4. The number of ether oxygens (including phenoxy) is 1. The molecule has 2 aliphatic rings. The molecule has 8 nitrogen and oxygen atoms in total. The molecule has 0 unspecified atom stereocenters. The number of anilines is 2. The molecule has 0 saturated carbocycles. The van der Waals surface area contributed by atoms with E-state index < -0.39 is 16.1 Å². The Kier molecular flexibility index (Phi) is 6.45. The van der Waals surface area contributed by atoms with E-state index in [1.165, 1.54) is 10.4 Å². The minimum atomic E-state index is -3.77. The van der Waals surface area contributed by atoms with Crippen LogP contribution in [0.3, 0.4) is 0 Å². The topological polar surface area (TPSA) is 96.0 Å². The molecule has 1 fully saturated rings. The number of rotatable bonds is 5. The number of aryl methyl sites for hydroxylation is 1. The van der Waals surface area contributed by atoms with Crippen molar-refractivity contribution in [3.05, 3.63) is 48.0 Å². The molecule has 2 aromatic rings. The summed E-state index contributed by atoms with van der Waals surface area (Å²) < 4.78 is 33.9. The first kappa shape index (κ1) is 23.3. The van der Waals surface area contributed by atoms with E-state index in [0.29, 0.717) is 36.4 Å². The SMILES string of the molecule is CCN(C(=O)C1CCN(S(=O)(=O)c2cc3c(cc2C)NC(=O)[C@@H](C)O3)CC1)c1ccccc1. The number of sulfonamides is 1. The molecule has 0 bridgehead atoms. The first-order chi connectivity index (χ1) is 15.7. The number of amides is 2. The average Bonchev–Trinajstić information content (AvgIpc) is 2.81. The minimum absolute atomic E-state index is 0.0313. The summed E-state index contributed by atoms with van der Waals surface area (Å²) in [7, 11) is -3.77. The third-order valence-electron chi connectivity index (χ3n) is 6.28. The molecule has 9 heteroatoms. The number of fused-ring (bicyclic) bond motifs is 1. The van der Waals surface area contributed by atoms with E-state index in [-0.39, 0.29) is 35.7 Å². The summed E-state index contributed by atoms with van der Waals surface area (Å²) in [5.41, 5.74) is 1.86. The van der Waals surface area contributed by atoms with E-state index in [9.17, 15) is 18.0 Å². The van der Waals surface area contributed by atoms with Gasteiger partial charge in [0.15, 0.2) is 6.10 Å². The molecule has 2 heterocycles. The Hall–Kier alpha value is -2.91. The molecule has 176 valence electrons. The fraction of sp³-hybridized carbons (Fsp3) is 0.417. The predicted molar refractivity (Wildman–Crippen MR) is 126 cm³/mol. The number of para-hydroxylation sites is 1. The van der Waals surface area contributed by atoms with Crippen LogP contribution in [0.1, 0.15) is 32.3 Å². The van der Waals surface area contributed by atoms with E-state index >= 15 is 0 Å². The first-order valence-corrected chi connectivity index (χ1v) is 12.6. The third-order valence-corrected chi connectivity index (χ3v) is 8.32. The second kappa shape index (κ2) is 9.15. The van der Waals surface area contributed by atoms with Crippen molar-refractivity contribution in [3.63, 3.8) is 0 Å². The summed E-state index contributed by atoms with van der Waals surface area (Å²) >= 11 is 0. The highest BCUT2D eigenvalue weighted by molar-refractivity contribution is 7.89. The lowest BCUT2D eigenvalue weighted by Crippen LogP contribution is -2.44. The summed E-state index contributed by atoms with van der Waals surface area (Å²) in [5.74, 6) is -0.108. The average molecular weight is 472 g/mol. The number of piperidine rings is 1. The Balaban J connectivity index is 1.49. The highest BCUT2D eigenvalue weighted by Crippen LogP contribution is 2.36. The van der Waals surface area contributed by atoms with Crippen LogP contribution in [0.4, 0.5) is 11.4 Å². The van der Waals surface area contributed by atoms with Crippen molar-refractivity contribution in [2.24, 2.45) is 5.92 Å². The smallest absolute Gasteiger partial charge is 0.265 e. The van der Waals surface area contributed by atoms with Gasteiger partial charge in [0.25, 0.3) is 5.91 Å². The molecule has 0 radical (unpaired) electrons. The van der Waals surface area contributed by atoms with Crippen LogP contribution in [-0.4, -0.2) is 50.3 Å². The van der Waals surface area contributed by atoms with Gasteiger partial charge in [-0.15, -0.1) is 0 Å². The second-order valence-electron chi connectivity index (χ2n) is 8.46. The molecule has 0 aromatic heterocycles. The molecular formula is C24H29N3O5S. The highest BCUT2D eigenvalue weighted by Gasteiger charge is 2.35. The van der Waals surface area contributed by atoms with Crippen LogP contribution < -0.4 is 15.0 Å². The minimum Gasteiger partial charge on any atom is -0.479 e. The molecule has 33 heavy (non-hydrogen) atoms. The molecule has 2 aromatic carbocycles. The number of carbonyl (C=O) groups excluding carboxylic acids is 2. The first-order valence-electron chi connectivity index (χ1n) is 11.2. The van der Waals surface area contributed by atoms with Crippen LogP contribution in [-0.2, 0) is 19.6 Å². The standard InChI is InChI=1S/C24H29N3O5S/c1-4-27(19-8-6-5-7-9-19)24(29)18-10-12-26(13-11-18)33(30,31)22-15-21-20(14-16(22)2)25-23(28)17(3)32-21/h5-9,14-15,17-18H,4,10-13H2,1-3H3,(H,25,28)/t17-/m1/s1. The predicted octanol–water partition coefficient (Wildman–Crippen LogP) is 3.17. The number of nitrogens with one attached hydrogen (secondary N) is 1. The van der Waals surface area contributed by atoms with Crippen molar-refractivity contribution in [3.8, 4) is 5.75 Å². The van der Waals surface area contributed by atoms with Crippen LogP contribution in [0.25, 0.3) is 0 Å². The second-order valence-corrected chi connectivity index (χ2v) is 10.4. The van der Waals surface area contributed by atoms with Crippen molar-refractivity contribution in [2.45, 2.75) is 44.6 Å². The summed E-state index contributed by atoms with van der Waals surface area (Å²) in [6.07, 6.45) is 0.243. The van der Waals surface area contributed by atoms with Crippen LogP contribution in [0.2, 0.25) is 0 Å². The maximum Gasteiger partial charge on any atom is 0.265 e. The fourth-order valence-electron chi connectivity index (χ4n) is 4.40. The van der Waals surface area contributed by atoms with Gasteiger partial charge in [0.1, 0.15) is 5.75 Å². The lowest BCUT2D eigenvalue weighted by Gasteiger charge is -2.34. The van der Waals surface area contributed by atoms with Crippen molar-refractivity contribution < 1.29 is 22.7 Å². The number of hydrogen-bond acceptors (Lipinski definition) is 5. The van der Waals surface area contributed by atoms with E-state index in [1.54, 1.807) is 24.8 Å². The van der Waals surface area contributed by atoms with E-state index in [1.807, 2.05) is 37.3 Å². The molecule has 1 N–H and O–H groups in total. The van der Waals surface area contributed by atoms with Gasteiger partial charge in [0.05, 0.1) is 10.6 Å². The third kappa shape index (κ3) is 4.47. The van der Waals surface area contributed by atoms with Crippen LogP contribution in [0, 0.1) is 12.8 Å². The molecule has 2 amide bonds. The van der Waals surface area contributed by atoms with E-state index in [4.69, 9.17) is 4.74 Å². The van der Waals surface area contributed by atoms with Crippen molar-refractivity contribution >= 4 is 33.2 Å². The summed E-state index contributed by atoms with van der Waals surface area (Å²) in [6, 6.07) is 12.6. The maximum atomic E-state index is 13.4. The van der Waals surface area contributed by atoms with Gasteiger partial charge in [-0.05, 0) is 57.4 Å². The summed E-state index contributed by atoms with van der Waals surface area (Å²) in [5, 5.41) is 2.74. The lowest BCUT2D eigenvalue weighted by atomic mass is 9.96. The van der Waals surface area contributed by atoms with Gasteiger partial charge in [0.2, 0.25) is 15.9 Å². The Morgan fingerprint density at radius 1 is 1.18 bits per heavy atom. The van der Waals surface area contributed by atoms with E-state index in [2.05, 4.69) is 5.32 Å². The fourth-order valence-corrected chi connectivity index (χ4v) is 6.09. The zero-order valence-corrected chi connectivity index (χ0v) is 19.9. The number of hydrogen-bond donors (Lipinski definition) is 1. The molecule has 1 atom stereocenters. The Bertz CT molecular complexity index is 1160. The van der Waals surface area contributed by atoms with Crippen LogP contribution in [0.5, 0.6) is 5.75 Å². The molecule has 0 aliphatic carbocycles. The molecule has 4 rings (SSSR count). The molecule has 0 spiro atoms. The van der Waals surface area contributed by atoms with Crippen molar-refractivity contribution in [1.29, 1.82) is 0 Å². The van der Waals surface area contributed by atoms with Gasteiger partial charge in [0, 0.05) is 37.3 Å².